The van der Waals surface area contributed by atoms with Gasteiger partial charge in [-0.3, -0.25) is 9.69 Å². The molecule has 0 aliphatic carbocycles. The van der Waals surface area contributed by atoms with Crippen molar-refractivity contribution in [2.24, 2.45) is 0 Å². The average Bonchev–Trinajstić information content (AvgIpc) is 2.28. The van der Waals surface area contributed by atoms with Gasteiger partial charge in [0.1, 0.15) is 5.82 Å². The van der Waals surface area contributed by atoms with E-state index >= 15 is 0 Å². The lowest BCUT2D eigenvalue weighted by Crippen LogP contribution is -2.36. The standard InChI is InChI=1S/C12H16FNO2/c1-9(8-15)14(2)7-12(16)10-3-5-11(13)6-4-10/h3-6,9,15H,7-8H2,1-2H3. The molecule has 1 aromatic rings. The van der Waals surface area contributed by atoms with Crippen LogP contribution in [0, 0.1) is 5.82 Å². The molecular weight excluding hydrogens is 209 g/mol. The van der Waals surface area contributed by atoms with Gasteiger partial charge in [-0.25, -0.2) is 4.39 Å². The minimum atomic E-state index is -0.353. The lowest BCUT2D eigenvalue weighted by Gasteiger charge is -2.21. The minimum absolute atomic E-state index is 0.00714. The summed E-state index contributed by atoms with van der Waals surface area (Å²) < 4.78 is 12.6. The van der Waals surface area contributed by atoms with Gasteiger partial charge in [-0.1, -0.05) is 0 Å². The summed E-state index contributed by atoms with van der Waals surface area (Å²) in [6.45, 7) is 2.05. The molecule has 0 radical (unpaired) electrons. The van der Waals surface area contributed by atoms with Gasteiger partial charge >= 0.3 is 0 Å². The predicted octanol–water partition coefficient (Wildman–Crippen LogP) is 1.32. The Morgan fingerprint density at radius 2 is 2.00 bits per heavy atom. The smallest absolute Gasteiger partial charge is 0.176 e. The van der Waals surface area contributed by atoms with Crippen LogP contribution in [0.1, 0.15) is 17.3 Å². The fourth-order valence-corrected chi connectivity index (χ4v) is 1.25. The molecule has 16 heavy (non-hydrogen) atoms. The van der Waals surface area contributed by atoms with Crippen molar-refractivity contribution >= 4 is 5.78 Å². The Balaban J connectivity index is 2.62. The number of hydrogen-bond donors (Lipinski definition) is 1. The van der Waals surface area contributed by atoms with E-state index in [1.165, 1.54) is 24.3 Å². The van der Waals surface area contributed by atoms with Crippen LogP contribution in [-0.4, -0.2) is 42.0 Å². The number of Topliss-reactive ketones (excluding diaryl/α,β-unsaturated/α-hetero) is 1. The molecule has 0 aliphatic rings. The third-order valence-electron chi connectivity index (χ3n) is 2.58. The summed E-state index contributed by atoms with van der Waals surface area (Å²) in [5.74, 6) is -0.434. The second-order valence-corrected chi connectivity index (χ2v) is 3.88. The van der Waals surface area contributed by atoms with Gasteiger partial charge in [-0.2, -0.15) is 0 Å². The normalized spacial score (nSPS) is 12.8. The van der Waals surface area contributed by atoms with Crippen LogP contribution < -0.4 is 0 Å². The first kappa shape index (κ1) is 12.8. The Kier molecular flexibility index (Phi) is 4.58. The topological polar surface area (TPSA) is 40.5 Å². The van der Waals surface area contributed by atoms with E-state index in [9.17, 15) is 9.18 Å². The van der Waals surface area contributed by atoms with Crippen LogP contribution in [0.5, 0.6) is 0 Å². The monoisotopic (exact) mass is 225 g/mol. The summed E-state index contributed by atoms with van der Waals surface area (Å²) in [4.78, 5) is 13.5. The summed E-state index contributed by atoms with van der Waals surface area (Å²) in [6.07, 6.45) is 0. The molecule has 0 saturated carbocycles. The number of rotatable bonds is 5. The van der Waals surface area contributed by atoms with Crippen molar-refractivity contribution in [1.29, 1.82) is 0 Å². The molecule has 1 atom stereocenters. The fraction of sp³-hybridized carbons (Fsp3) is 0.417. The van der Waals surface area contributed by atoms with Gasteiger partial charge in [-0.15, -0.1) is 0 Å². The summed E-state index contributed by atoms with van der Waals surface area (Å²) in [7, 11) is 1.77. The van der Waals surface area contributed by atoms with Gasteiger partial charge in [0, 0.05) is 11.6 Å². The minimum Gasteiger partial charge on any atom is -0.395 e. The van der Waals surface area contributed by atoms with Crippen molar-refractivity contribution in [3.8, 4) is 0 Å². The van der Waals surface area contributed by atoms with Crippen molar-refractivity contribution in [1.82, 2.24) is 4.90 Å². The van der Waals surface area contributed by atoms with Gasteiger partial charge in [0.15, 0.2) is 5.78 Å². The average molecular weight is 225 g/mol. The quantitative estimate of drug-likeness (QED) is 0.768. The molecule has 0 bridgehead atoms. The highest BCUT2D eigenvalue weighted by Gasteiger charge is 2.13. The zero-order valence-electron chi connectivity index (χ0n) is 9.48. The molecule has 4 heteroatoms. The first-order valence-electron chi connectivity index (χ1n) is 5.14. The predicted molar refractivity (Wildman–Crippen MR) is 59.9 cm³/mol. The van der Waals surface area contributed by atoms with Gasteiger partial charge < -0.3 is 5.11 Å². The van der Waals surface area contributed by atoms with E-state index in [0.717, 1.165) is 0 Å². The first-order chi connectivity index (χ1) is 7.54. The molecule has 88 valence electrons. The number of aliphatic hydroxyl groups is 1. The van der Waals surface area contributed by atoms with Crippen LogP contribution in [0.4, 0.5) is 4.39 Å². The van der Waals surface area contributed by atoms with E-state index in [1.54, 1.807) is 11.9 Å². The molecule has 1 aromatic carbocycles. The van der Waals surface area contributed by atoms with Crippen molar-refractivity contribution in [3.05, 3.63) is 35.6 Å². The molecule has 0 amide bonds. The molecule has 0 aromatic heterocycles. The number of aliphatic hydroxyl groups excluding tert-OH is 1. The van der Waals surface area contributed by atoms with Crippen LogP contribution in [0.3, 0.4) is 0 Å². The Bertz CT molecular complexity index is 351. The van der Waals surface area contributed by atoms with Crippen molar-refractivity contribution < 1.29 is 14.3 Å². The lowest BCUT2D eigenvalue weighted by molar-refractivity contribution is 0.0890. The molecular formula is C12H16FNO2. The molecule has 1 rings (SSSR count). The van der Waals surface area contributed by atoms with Gasteiger partial charge in [0.25, 0.3) is 0 Å². The van der Waals surface area contributed by atoms with Crippen LogP contribution in [-0.2, 0) is 0 Å². The van der Waals surface area contributed by atoms with E-state index in [2.05, 4.69) is 0 Å². The van der Waals surface area contributed by atoms with Crippen molar-refractivity contribution in [2.75, 3.05) is 20.2 Å². The largest absolute Gasteiger partial charge is 0.395 e. The van der Waals surface area contributed by atoms with Crippen molar-refractivity contribution in [3.63, 3.8) is 0 Å². The maximum absolute atomic E-state index is 12.6. The van der Waals surface area contributed by atoms with Crippen LogP contribution >= 0.6 is 0 Å². The van der Waals surface area contributed by atoms with Gasteiger partial charge in [0.05, 0.1) is 13.2 Å². The Morgan fingerprint density at radius 3 is 2.50 bits per heavy atom. The van der Waals surface area contributed by atoms with E-state index in [-0.39, 0.29) is 30.8 Å². The number of nitrogens with zero attached hydrogens (tertiary/aromatic N) is 1. The molecule has 0 fully saturated rings. The van der Waals surface area contributed by atoms with E-state index in [0.29, 0.717) is 5.56 Å². The summed E-state index contributed by atoms with van der Waals surface area (Å²) in [5.41, 5.74) is 0.485. The van der Waals surface area contributed by atoms with E-state index in [4.69, 9.17) is 5.11 Å². The summed E-state index contributed by atoms with van der Waals surface area (Å²) in [6, 6.07) is 5.40. The fourth-order valence-electron chi connectivity index (χ4n) is 1.25. The Morgan fingerprint density at radius 1 is 1.44 bits per heavy atom. The lowest BCUT2D eigenvalue weighted by atomic mass is 10.1. The summed E-state index contributed by atoms with van der Waals surface area (Å²) in [5, 5.41) is 8.92. The highest BCUT2D eigenvalue weighted by molar-refractivity contribution is 5.97. The Labute approximate surface area is 94.5 Å². The zero-order chi connectivity index (χ0) is 12.1. The second kappa shape index (κ2) is 5.72. The molecule has 0 aliphatic heterocycles. The van der Waals surface area contributed by atoms with Crippen LogP contribution in [0.2, 0.25) is 0 Å². The van der Waals surface area contributed by atoms with Gasteiger partial charge in [0.2, 0.25) is 0 Å². The molecule has 0 spiro atoms. The van der Waals surface area contributed by atoms with E-state index < -0.39 is 0 Å². The van der Waals surface area contributed by atoms with Crippen molar-refractivity contribution in [2.45, 2.75) is 13.0 Å². The number of halogens is 1. The molecule has 3 nitrogen and oxygen atoms in total. The maximum atomic E-state index is 12.6. The summed E-state index contributed by atoms with van der Waals surface area (Å²) >= 11 is 0. The SMILES string of the molecule is CC(CO)N(C)CC(=O)c1ccc(F)cc1. The molecule has 1 unspecified atom stereocenters. The third kappa shape index (κ3) is 3.40. The number of benzene rings is 1. The number of carbonyl (C=O) groups excluding carboxylic acids is 1. The zero-order valence-corrected chi connectivity index (χ0v) is 9.48. The Hall–Kier alpha value is -1.26. The highest BCUT2D eigenvalue weighted by Crippen LogP contribution is 2.05. The number of ketones is 1. The number of carbonyl (C=O) groups is 1. The molecule has 0 heterocycles. The highest BCUT2D eigenvalue weighted by atomic mass is 19.1. The third-order valence-corrected chi connectivity index (χ3v) is 2.58. The van der Waals surface area contributed by atoms with E-state index in [1.807, 2.05) is 6.92 Å². The number of likely N-dealkylation sites (N-methyl/N-ethyl adjacent to an activating group) is 1. The molecule has 1 N–H and O–H groups in total. The van der Waals surface area contributed by atoms with Crippen LogP contribution in [0.15, 0.2) is 24.3 Å². The second-order valence-electron chi connectivity index (χ2n) is 3.88. The maximum Gasteiger partial charge on any atom is 0.176 e. The number of hydrogen-bond acceptors (Lipinski definition) is 3. The first-order valence-corrected chi connectivity index (χ1v) is 5.14. The van der Waals surface area contributed by atoms with Gasteiger partial charge in [-0.05, 0) is 38.2 Å². The van der Waals surface area contributed by atoms with Crippen LogP contribution in [0.25, 0.3) is 0 Å². The molecule has 0 saturated heterocycles.